The van der Waals surface area contributed by atoms with E-state index in [2.05, 4.69) is 15.3 Å². The zero-order valence-corrected chi connectivity index (χ0v) is 15.8. The second-order valence-corrected chi connectivity index (χ2v) is 6.83. The van der Waals surface area contributed by atoms with E-state index in [1.165, 1.54) is 12.1 Å². The van der Waals surface area contributed by atoms with E-state index in [1.54, 1.807) is 24.3 Å². The van der Waals surface area contributed by atoms with Gasteiger partial charge in [0.2, 0.25) is 0 Å². The predicted molar refractivity (Wildman–Crippen MR) is 109 cm³/mol. The first-order chi connectivity index (χ1) is 13.5. The third-order valence-corrected chi connectivity index (χ3v) is 4.88. The first-order valence-electron chi connectivity index (χ1n) is 8.29. The van der Waals surface area contributed by atoms with Gasteiger partial charge in [-0.1, -0.05) is 47.5 Å². The average molecular weight is 412 g/mol. The largest absolute Gasteiger partial charge is 0.307 e. The summed E-state index contributed by atoms with van der Waals surface area (Å²) >= 11 is 12.1. The lowest BCUT2D eigenvalue weighted by Gasteiger charge is -2.11. The van der Waals surface area contributed by atoms with Crippen LogP contribution in [0.1, 0.15) is 10.4 Å². The molecule has 0 bridgehead atoms. The van der Waals surface area contributed by atoms with Crippen LogP contribution in [0.4, 0.5) is 10.2 Å². The maximum absolute atomic E-state index is 13.1. The Hall–Kier alpha value is -3.02. The summed E-state index contributed by atoms with van der Waals surface area (Å²) in [6.07, 6.45) is 1.04. The van der Waals surface area contributed by atoms with E-state index >= 15 is 0 Å². The molecule has 1 amide bonds. The molecule has 0 fully saturated rings. The summed E-state index contributed by atoms with van der Waals surface area (Å²) in [7, 11) is 0. The van der Waals surface area contributed by atoms with Crippen molar-refractivity contribution in [3.05, 3.63) is 88.3 Å². The first kappa shape index (κ1) is 18.3. The Morgan fingerprint density at radius 2 is 1.79 bits per heavy atom. The van der Waals surface area contributed by atoms with Crippen LogP contribution in [-0.2, 0) is 0 Å². The van der Waals surface area contributed by atoms with Crippen LogP contribution < -0.4 is 5.32 Å². The van der Waals surface area contributed by atoms with Crippen molar-refractivity contribution in [2.75, 3.05) is 5.32 Å². The molecule has 0 spiro atoms. The summed E-state index contributed by atoms with van der Waals surface area (Å²) in [5.74, 6) is -0.600. The molecule has 7 heteroatoms. The number of nitrogens with zero attached hydrogens (tertiary/aromatic N) is 2. The van der Waals surface area contributed by atoms with Crippen LogP contribution in [0.3, 0.4) is 0 Å². The highest BCUT2D eigenvalue weighted by Gasteiger charge is 2.15. The lowest BCUT2D eigenvalue weighted by molar-refractivity contribution is 0.102. The molecule has 0 aliphatic carbocycles. The van der Waals surface area contributed by atoms with Crippen molar-refractivity contribution in [2.24, 2.45) is 0 Å². The van der Waals surface area contributed by atoms with Gasteiger partial charge < -0.3 is 5.32 Å². The molecule has 0 unspecified atom stereocenters. The van der Waals surface area contributed by atoms with Crippen molar-refractivity contribution < 1.29 is 9.18 Å². The monoisotopic (exact) mass is 411 g/mol. The Morgan fingerprint density at radius 1 is 0.964 bits per heavy atom. The van der Waals surface area contributed by atoms with Gasteiger partial charge in [0.05, 0.1) is 33.0 Å². The fourth-order valence-corrected chi connectivity index (χ4v) is 3.10. The molecule has 1 N–H and O–H groups in total. The number of anilines is 1. The maximum atomic E-state index is 13.1. The van der Waals surface area contributed by atoms with Gasteiger partial charge in [-0.3, -0.25) is 4.79 Å². The molecule has 28 heavy (non-hydrogen) atoms. The fourth-order valence-electron chi connectivity index (χ4n) is 2.80. The van der Waals surface area contributed by atoms with E-state index in [0.717, 1.165) is 11.8 Å². The maximum Gasteiger partial charge on any atom is 0.257 e. The third kappa shape index (κ3) is 3.67. The molecule has 2 aromatic carbocycles. The molecule has 0 radical (unpaired) electrons. The molecular formula is C21H12Cl2FN3O. The van der Waals surface area contributed by atoms with Crippen LogP contribution in [0.5, 0.6) is 0 Å². The number of nitrogens with one attached hydrogen (secondary N) is 1. The number of hydrogen-bond donors (Lipinski definition) is 1. The molecule has 0 saturated carbocycles. The number of pyridine rings is 2. The van der Waals surface area contributed by atoms with Crippen LogP contribution in [-0.4, -0.2) is 15.9 Å². The average Bonchev–Trinajstić information content (AvgIpc) is 2.71. The van der Waals surface area contributed by atoms with Gasteiger partial charge in [0.1, 0.15) is 11.6 Å². The van der Waals surface area contributed by atoms with Crippen LogP contribution in [0.25, 0.3) is 22.2 Å². The Bertz CT molecular complexity index is 1200. The van der Waals surface area contributed by atoms with E-state index < -0.39 is 5.82 Å². The van der Waals surface area contributed by atoms with Crippen LogP contribution in [0.2, 0.25) is 10.0 Å². The van der Waals surface area contributed by atoms with Crippen molar-refractivity contribution in [3.8, 4) is 11.3 Å². The molecule has 0 aliphatic heterocycles. The zero-order chi connectivity index (χ0) is 19.7. The molecule has 0 saturated heterocycles. The van der Waals surface area contributed by atoms with E-state index in [-0.39, 0.29) is 11.7 Å². The van der Waals surface area contributed by atoms with E-state index in [1.807, 2.05) is 24.3 Å². The quantitative estimate of drug-likeness (QED) is 0.449. The van der Waals surface area contributed by atoms with Gasteiger partial charge in [-0.05, 0) is 36.4 Å². The minimum atomic E-state index is -0.478. The number of hydrogen-bond acceptors (Lipinski definition) is 3. The molecule has 0 aliphatic rings. The van der Waals surface area contributed by atoms with Gasteiger partial charge >= 0.3 is 0 Å². The van der Waals surface area contributed by atoms with E-state index in [9.17, 15) is 9.18 Å². The lowest BCUT2D eigenvalue weighted by atomic mass is 10.0. The minimum absolute atomic E-state index is 0.253. The molecule has 4 rings (SSSR count). The van der Waals surface area contributed by atoms with Crippen molar-refractivity contribution in [1.29, 1.82) is 0 Å². The third-order valence-electron chi connectivity index (χ3n) is 4.15. The van der Waals surface area contributed by atoms with Crippen LogP contribution >= 0.6 is 23.2 Å². The SMILES string of the molecule is O=C(Nc1ccc(F)cn1)c1cc(-c2ccc(Cl)c(Cl)c2)nc2ccccc12. The minimum Gasteiger partial charge on any atom is -0.307 e. The summed E-state index contributed by atoms with van der Waals surface area (Å²) in [4.78, 5) is 21.4. The van der Waals surface area contributed by atoms with Crippen molar-refractivity contribution >= 4 is 45.8 Å². The number of amides is 1. The molecule has 4 nitrogen and oxygen atoms in total. The number of halogens is 3. The number of fused-ring (bicyclic) bond motifs is 1. The first-order valence-corrected chi connectivity index (χ1v) is 9.05. The van der Waals surface area contributed by atoms with Gasteiger partial charge in [0.15, 0.2) is 0 Å². The topological polar surface area (TPSA) is 54.9 Å². The summed E-state index contributed by atoms with van der Waals surface area (Å²) in [5.41, 5.74) is 2.38. The summed E-state index contributed by atoms with van der Waals surface area (Å²) in [6, 6.07) is 16.8. The van der Waals surface area contributed by atoms with Crippen molar-refractivity contribution in [3.63, 3.8) is 0 Å². The highest BCUT2D eigenvalue weighted by atomic mass is 35.5. The highest BCUT2D eigenvalue weighted by molar-refractivity contribution is 6.42. The Kier molecular flexibility index (Phi) is 4.94. The second-order valence-electron chi connectivity index (χ2n) is 6.02. The lowest BCUT2D eigenvalue weighted by Crippen LogP contribution is -2.14. The number of para-hydroxylation sites is 1. The molecule has 2 aromatic heterocycles. The molecule has 2 heterocycles. The number of carbonyl (C=O) groups excluding carboxylic acids is 1. The Labute approximate surface area is 170 Å². The summed E-state index contributed by atoms with van der Waals surface area (Å²) in [6.45, 7) is 0. The smallest absolute Gasteiger partial charge is 0.257 e. The number of rotatable bonds is 3. The standard InChI is InChI=1S/C21H12Cl2FN3O/c22-16-7-5-12(9-17(16)23)19-10-15(14-3-1-2-4-18(14)26-19)21(28)27-20-8-6-13(24)11-25-20/h1-11H,(H,25,27,28). The van der Waals surface area contributed by atoms with Crippen molar-refractivity contribution in [2.45, 2.75) is 0 Å². The van der Waals surface area contributed by atoms with Gasteiger partial charge in [0.25, 0.3) is 5.91 Å². The molecule has 4 aromatic rings. The number of aromatic nitrogens is 2. The number of carbonyl (C=O) groups is 1. The Balaban J connectivity index is 1.80. The van der Waals surface area contributed by atoms with Crippen molar-refractivity contribution in [1.82, 2.24) is 9.97 Å². The predicted octanol–water partition coefficient (Wildman–Crippen LogP) is 6.00. The van der Waals surface area contributed by atoms with E-state index in [4.69, 9.17) is 23.2 Å². The molecule has 138 valence electrons. The highest BCUT2D eigenvalue weighted by Crippen LogP contribution is 2.30. The van der Waals surface area contributed by atoms with E-state index in [0.29, 0.717) is 32.2 Å². The fraction of sp³-hybridized carbons (Fsp3) is 0. The van der Waals surface area contributed by atoms with Gasteiger partial charge in [-0.25, -0.2) is 14.4 Å². The van der Waals surface area contributed by atoms with Gasteiger partial charge in [-0.15, -0.1) is 0 Å². The molecule has 0 atom stereocenters. The number of benzene rings is 2. The normalized spacial score (nSPS) is 10.8. The van der Waals surface area contributed by atoms with Crippen LogP contribution in [0, 0.1) is 5.82 Å². The van der Waals surface area contributed by atoms with Crippen LogP contribution in [0.15, 0.2) is 66.9 Å². The summed E-state index contributed by atoms with van der Waals surface area (Å²) < 4.78 is 13.1. The second kappa shape index (κ2) is 7.54. The molecular weight excluding hydrogens is 400 g/mol. The van der Waals surface area contributed by atoms with Gasteiger partial charge in [-0.2, -0.15) is 0 Å². The zero-order valence-electron chi connectivity index (χ0n) is 14.3. The summed E-state index contributed by atoms with van der Waals surface area (Å²) in [5, 5.41) is 4.21. The van der Waals surface area contributed by atoms with Gasteiger partial charge in [0, 0.05) is 10.9 Å². The Morgan fingerprint density at radius 3 is 2.54 bits per heavy atom.